The molecule has 2 aliphatic rings. The molecule has 9 heteroatoms. The van der Waals surface area contributed by atoms with Crippen molar-refractivity contribution in [3.63, 3.8) is 0 Å². The van der Waals surface area contributed by atoms with E-state index in [1.165, 1.54) is 6.07 Å². The van der Waals surface area contributed by atoms with E-state index in [4.69, 9.17) is 4.74 Å². The molecule has 3 aromatic carbocycles. The smallest absolute Gasteiger partial charge is 0.412 e. The van der Waals surface area contributed by atoms with Crippen LogP contribution in [0.15, 0.2) is 70.5 Å². The van der Waals surface area contributed by atoms with Crippen LogP contribution in [0.25, 0.3) is 21.9 Å². The topological polar surface area (TPSA) is 99.7 Å². The minimum atomic E-state index is -0.507. The third-order valence-corrected chi connectivity index (χ3v) is 6.74. The second-order valence-corrected chi connectivity index (χ2v) is 9.49. The van der Waals surface area contributed by atoms with Crippen molar-refractivity contribution in [2.24, 2.45) is 4.99 Å². The minimum Gasteiger partial charge on any atom is -0.443 e. The molecule has 0 unspecified atom stereocenters. The fraction of sp³-hybridized carbons (Fsp3) is 0.214. The Balaban J connectivity index is 1.23. The molecule has 186 valence electrons. The monoisotopic (exact) mass is 497 g/mol. The van der Waals surface area contributed by atoms with E-state index in [1.54, 1.807) is 18.2 Å². The van der Waals surface area contributed by atoms with Crippen molar-refractivity contribution in [1.82, 2.24) is 20.4 Å². The number of nitrogens with zero attached hydrogens (tertiary/aromatic N) is 3. The molecule has 8 nitrogen and oxygen atoms in total. The SMILES string of the molecule is CN1CC(OC(=O)NC2=Nc3cc(-c4cc(Cc5n[nH]c(=O)c6ccccc56)ccc4F)ccc3C2)C1. The van der Waals surface area contributed by atoms with Crippen molar-refractivity contribution in [2.45, 2.75) is 18.9 Å². The maximum absolute atomic E-state index is 14.9. The van der Waals surface area contributed by atoms with Gasteiger partial charge in [-0.1, -0.05) is 36.4 Å². The number of aliphatic imine (C=N–C) groups is 1. The number of amides is 1. The number of H-pyrrole nitrogens is 1. The standard InChI is InChI=1S/C28H24FN5O3/c1-34-14-19(15-34)37-28(36)31-26-13-18-8-7-17(12-24(18)30-26)22-10-16(6-9-23(22)29)11-25-20-4-2-3-5-21(20)27(35)33-32-25/h2-10,12,19H,11,13-15H2,1H3,(H,33,35)(H,30,31,36). The Bertz CT molecular complexity index is 1620. The summed E-state index contributed by atoms with van der Waals surface area (Å²) in [5.41, 5.74) is 4.09. The largest absolute Gasteiger partial charge is 0.443 e. The highest BCUT2D eigenvalue weighted by atomic mass is 19.1. The van der Waals surface area contributed by atoms with Crippen molar-refractivity contribution in [3.05, 3.63) is 93.7 Å². The van der Waals surface area contributed by atoms with E-state index in [0.29, 0.717) is 46.6 Å². The number of carbonyl (C=O) groups excluding carboxylic acids is 1. The zero-order valence-corrected chi connectivity index (χ0v) is 20.1. The van der Waals surface area contributed by atoms with E-state index in [9.17, 15) is 14.0 Å². The Morgan fingerprint density at radius 1 is 1.14 bits per heavy atom. The molecular formula is C28H24FN5O3. The van der Waals surface area contributed by atoms with Gasteiger partial charge in [0.05, 0.1) is 16.8 Å². The van der Waals surface area contributed by atoms with Crippen LogP contribution in [0.4, 0.5) is 14.9 Å². The molecule has 1 fully saturated rings. The summed E-state index contributed by atoms with van der Waals surface area (Å²) in [4.78, 5) is 30.9. The van der Waals surface area contributed by atoms with E-state index < -0.39 is 6.09 Å². The van der Waals surface area contributed by atoms with E-state index in [0.717, 1.165) is 29.6 Å². The van der Waals surface area contributed by atoms with Gasteiger partial charge in [0.2, 0.25) is 0 Å². The summed E-state index contributed by atoms with van der Waals surface area (Å²) < 4.78 is 20.3. The molecule has 3 heterocycles. The number of aromatic nitrogens is 2. The second kappa shape index (κ2) is 9.25. The van der Waals surface area contributed by atoms with Crippen LogP contribution < -0.4 is 10.9 Å². The number of benzene rings is 3. The van der Waals surface area contributed by atoms with Gasteiger partial charge >= 0.3 is 6.09 Å². The van der Waals surface area contributed by atoms with E-state index in [-0.39, 0.29) is 17.5 Å². The number of likely N-dealkylation sites (N-methyl/N-ethyl adjacent to an activating group) is 1. The van der Waals surface area contributed by atoms with Gasteiger partial charge in [0.25, 0.3) is 5.56 Å². The predicted octanol–water partition coefficient (Wildman–Crippen LogP) is 3.95. The number of fused-ring (bicyclic) bond motifs is 2. The molecule has 0 atom stereocenters. The van der Waals surface area contributed by atoms with Crippen LogP contribution in [0.1, 0.15) is 16.8 Å². The van der Waals surface area contributed by atoms with Gasteiger partial charge in [-0.25, -0.2) is 19.3 Å². The Labute approximate surface area is 211 Å². The summed E-state index contributed by atoms with van der Waals surface area (Å²) in [6.45, 7) is 1.45. The molecule has 2 aliphatic heterocycles. The normalized spacial score (nSPS) is 15.2. The number of aromatic amines is 1. The molecule has 6 rings (SSSR count). The summed E-state index contributed by atoms with van der Waals surface area (Å²) in [5, 5.41) is 10.9. The zero-order chi connectivity index (χ0) is 25.5. The van der Waals surface area contributed by atoms with Crippen LogP contribution in [-0.2, 0) is 17.6 Å². The number of nitrogens with one attached hydrogen (secondary N) is 2. The van der Waals surface area contributed by atoms with Crippen molar-refractivity contribution in [1.29, 1.82) is 0 Å². The molecule has 0 aliphatic carbocycles. The third kappa shape index (κ3) is 4.61. The first-order chi connectivity index (χ1) is 17.9. The number of amidine groups is 1. The average Bonchev–Trinajstić information content (AvgIpc) is 3.27. The molecule has 0 saturated carbocycles. The average molecular weight is 498 g/mol. The van der Waals surface area contributed by atoms with Crippen molar-refractivity contribution < 1.29 is 13.9 Å². The lowest BCUT2D eigenvalue weighted by Crippen LogP contribution is -2.51. The number of hydrogen-bond acceptors (Lipinski definition) is 6. The fourth-order valence-electron chi connectivity index (χ4n) is 4.84. The van der Waals surface area contributed by atoms with Crippen molar-refractivity contribution in [3.8, 4) is 11.1 Å². The molecule has 1 amide bonds. The fourth-order valence-corrected chi connectivity index (χ4v) is 4.84. The number of ether oxygens (including phenoxy) is 1. The first-order valence-corrected chi connectivity index (χ1v) is 12.0. The lowest BCUT2D eigenvalue weighted by Gasteiger charge is -2.35. The number of likely N-dealkylation sites (tertiary alicyclic amines) is 1. The van der Waals surface area contributed by atoms with Gasteiger partial charge in [-0.2, -0.15) is 5.10 Å². The minimum absolute atomic E-state index is 0.0967. The molecule has 4 aromatic rings. The van der Waals surface area contributed by atoms with Crippen LogP contribution in [0.5, 0.6) is 0 Å². The van der Waals surface area contributed by atoms with Gasteiger partial charge in [0, 0.05) is 36.9 Å². The van der Waals surface area contributed by atoms with E-state index >= 15 is 0 Å². The lowest BCUT2D eigenvalue weighted by atomic mass is 9.97. The first-order valence-electron chi connectivity index (χ1n) is 12.0. The Hall–Kier alpha value is -4.37. The van der Waals surface area contributed by atoms with Crippen LogP contribution >= 0.6 is 0 Å². The molecule has 2 N–H and O–H groups in total. The van der Waals surface area contributed by atoms with Crippen LogP contribution in [-0.4, -0.2) is 53.3 Å². The van der Waals surface area contributed by atoms with Crippen LogP contribution in [0.2, 0.25) is 0 Å². The molecule has 1 aromatic heterocycles. The maximum Gasteiger partial charge on any atom is 0.412 e. The van der Waals surface area contributed by atoms with E-state index in [2.05, 4.69) is 25.4 Å². The van der Waals surface area contributed by atoms with Gasteiger partial charge in [0.1, 0.15) is 17.8 Å². The molecule has 0 spiro atoms. The highest BCUT2D eigenvalue weighted by Gasteiger charge is 2.27. The highest BCUT2D eigenvalue weighted by molar-refractivity contribution is 6.01. The number of alkyl carbamates (subject to hydrolysis) is 1. The van der Waals surface area contributed by atoms with Gasteiger partial charge in [0.15, 0.2) is 0 Å². The molecule has 37 heavy (non-hydrogen) atoms. The summed E-state index contributed by atoms with van der Waals surface area (Å²) in [7, 11) is 1.97. The third-order valence-electron chi connectivity index (χ3n) is 6.74. The summed E-state index contributed by atoms with van der Waals surface area (Å²) in [6.07, 6.45) is 0.302. The molecule has 0 bridgehead atoms. The summed E-state index contributed by atoms with van der Waals surface area (Å²) in [6, 6.07) is 17.8. The van der Waals surface area contributed by atoms with Crippen molar-refractivity contribution in [2.75, 3.05) is 20.1 Å². The number of halogens is 1. The summed E-state index contributed by atoms with van der Waals surface area (Å²) >= 11 is 0. The number of hydrogen-bond donors (Lipinski definition) is 2. The molecule has 1 saturated heterocycles. The Morgan fingerprint density at radius 3 is 2.76 bits per heavy atom. The van der Waals surface area contributed by atoms with Crippen molar-refractivity contribution >= 4 is 28.4 Å². The molecular weight excluding hydrogens is 473 g/mol. The van der Waals surface area contributed by atoms with Crippen LogP contribution in [0.3, 0.4) is 0 Å². The first kappa shape index (κ1) is 23.1. The molecule has 0 radical (unpaired) electrons. The number of carbonyl (C=O) groups is 1. The Morgan fingerprint density at radius 2 is 1.95 bits per heavy atom. The van der Waals surface area contributed by atoms with Gasteiger partial charge in [-0.05, 0) is 48.0 Å². The number of rotatable bonds is 4. The van der Waals surface area contributed by atoms with Gasteiger partial charge < -0.3 is 4.74 Å². The highest BCUT2D eigenvalue weighted by Crippen LogP contribution is 2.33. The summed E-state index contributed by atoms with van der Waals surface area (Å²) in [5.74, 6) is 0.160. The zero-order valence-electron chi connectivity index (χ0n) is 20.1. The van der Waals surface area contributed by atoms with Gasteiger partial charge in [-0.15, -0.1) is 0 Å². The van der Waals surface area contributed by atoms with E-state index in [1.807, 2.05) is 43.4 Å². The quantitative estimate of drug-likeness (QED) is 0.445. The lowest BCUT2D eigenvalue weighted by molar-refractivity contribution is 0.00265. The Kier molecular flexibility index (Phi) is 5.77. The predicted molar refractivity (Wildman–Crippen MR) is 139 cm³/mol. The second-order valence-electron chi connectivity index (χ2n) is 9.49. The maximum atomic E-state index is 14.9. The van der Waals surface area contributed by atoms with Gasteiger partial charge in [-0.3, -0.25) is 15.0 Å². The van der Waals surface area contributed by atoms with Crippen LogP contribution in [0, 0.1) is 5.82 Å².